The van der Waals surface area contributed by atoms with Crippen LogP contribution in [0.5, 0.6) is 0 Å². The Kier molecular flexibility index (Phi) is 0.743. The summed E-state index contributed by atoms with van der Waals surface area (Å²) in [5.41, 5.74) is 0. The summed E-state index contributed by atoms with van der Waals surface area (Å²) in [7, 11) is -3.70. The van der Waals surface area contributed by atoms with Gasteiger partial charge in [-0.05, 0) is 25.2 Å². The van der Waals surface area contributed by atoms with Crippen LogP contribution >= 0.6 is 0 Å². The number of hydrogen-bond acceptors (Lipinski definition) is 2. The monoisotopic (exact) mass is 148 g/mol. The average Bonchev–Trinajstić information content (AvgIpc) is 1.08. The van der Waals surface area contributed by atoms with Crippen molar-refractivity contribution < 1.29 is 13.0 Å². The molecule has 0 aliphatic heterocycles. The Morgan fingerprint density at radius 1 is 1.33 bits per heavy atom. The van der Waals surface area contributed by atoms with Crippen LogP contribution in [0, 0.1) is 5.92 Å². The second kappa shape index (κ2) is 1.18. The van der Waals surface area contributed by atoms with E-state index in [0.29, 0.717) is 25.2 Å². The molecule has 3 nitrogen and oxygen atoms in total. The predicted molar refractivity (Wildman–Crippen MR) is 31.6 cm³/mol. The smallest absolute Gasteiger partial charge is 0.270 e. The van der Waals surface area contributed by atoms with E-state index in [1.165, 1.54) is 0 Å². The molecule has 0 aromatic heterocycles. The number of rotatable bonds is 1. The summed E-state index contributed by atoms with van der Waals surface area (Å²) >= 11 is 0. The fraction of sp³-hybridized carbons (Fsp3) is 1.00. The van der Waals surface area contributed by atoms with Gasteiger partial charge in [0.2, 0.25) is 0 Å². The van der Waals surface area contributed by atoms with E-state index < -0.39 is 14.9 Å². The molecule has 0 radical (unpaired) electrons. The molecule has 0 amide bonds. The van der Waals surface area contributed by atoms with Gasteiger partial charge in [0.25, 0.3) is 10.1 Å². The van der Waals surface area contributed by atoms with Gasteiger partial charge >= 0.3 is 0 Å². The zero-order valence-electron chi connectivity index (χ0n) is 4.87. The summed E-state index contributed by atoms with van der Waals surface area (Å²) in [5.74, 6) is 0.604. The molecule has 4 heteroatoms. The maximum Gasteiger partial charge on any atom is 0.270 e. The molecule has 0 heterocycles. The van der Waals surface area contributed by atoms with E-state index >= 15 is 0 Å². The van der Waals surface area contributed by atoms with Crippen LogP contribution in [-0.2, 0) is 10.1 Å². The highest BCUT2D eigenvalue weighted by Gasteiger charge is 2.64. The van der Waals surface area contributed by atoms with Gasteiger partial charge in [-0.3, -0.25) is 4.55 Å². The van der Waals surface area contributed by atoms with Crippen LogP contribution in [0.15, 0.2) is 0 Å². The van der Waals surface area contributed by atoms with Crippen molar-refractivity contribution in [2.45, 2.75) is 24.0 Å². The van der Waals surface area contributed by atoms with Crippen molar-refractivity contribution in [2.24, 2.45) is 5.92 Å². The summed E-state index contributed by atoms with van der Waals surface area (Å²) in [6.07, 6.45) is 2.10. The average molecular weight is 148 g/mol. The Bertz CT molecular complexity index is 224. The van der Waals surface area contributed by atoms with Crippen molar-refractivity contribution in [1.29, 1.82) is 0 Å². The first-order chi connectivity index (χ1) is 4.04. The first-order valence-corrected chi connectivity index (χ1v) is 4.45. The summed E-state index contributed by atoms with van der Waals surface area (Å²) in [6.45, 7) is 0. The summed E-state index contributed by atoms with van der Waals surface area (Å²) < 4.78 is 29.0. The van der Waals surface area contributed by atoms with E-state index in [2.05, 4.69) is 0 Å². The molecule has 9 heavy (non-hydrogen) atoms. The molecular weight excluding hydrogens is 140 g/mol. The first kappa shape index (κ1) is 5.68. The summed E-state index contributed by atoms with van der Waals surface area (Å²) in [6, 6.07) is 0. The molecule has 3 aliphatic rings. The topological polar surface area (TPSA) is 54.4 Å². The minimum atomic E-state index is -3.70. The van der Waals surface area contributed by atoms with Gasteiger partial charge in [-0.15, -0.1) is 0 Å². The quantitative estimate of drug-likeness (QED) is 0.548. The van der Waals surface area contributed by atoms with Gasteiger partial charge in [0.05, 0.1) is 4.75 Å². The Balaban J connectivity index is 2.33. The molecule has 0 atom stereocenters. The lowest BCUT2D eigenvalue weighted by molar-refractivity contribution is 0.0409. The summed E-state index contributed by atoms with van der Waals surface area (Å²) in [5, 5.41) is 0. The molecule has 3 fully saturated rings. The SMILES string of the molecule is O=S(=O)(O)C12CC(C1)C2. The molecule has 1 N–H and O–H groups in total. The van der Waals surface area contributed by atoms with Crippen LogP contribution < -0.4 is 0 Å². The van der Waals surface area contributed by atoms with Gasteiger partial charge in [0.1, 0.15) is 0 Å². The largest absolute Gasteiger partial charge is 0.285 e. The van der Waals surface area contributed by atoms with Gasteiger partial charge in [0.15, 0.2) is 0 Å². The molecule has 0 unspecified atom stereocenters. The van der Waals surface area contributed by atoms with Crippen LogP contribution in [-0.4, -0.2) is 17.7 Å². The molecule has 0 aromatic rings. The molecule has 2 bridgehead atoms. The third-order valence-electron chi connectivity index (χ3n) is 2.53. The van der Waals surface area contributed by atoms with Crippen molar-refractivity contribution in [2.75, 3.05) is 0 Å². The second-order valence-corrected chi connectivity index (χ2v) is 4.95. The third kappa shape index (κ3) is 0.483. The standard InChI is InChI=1S/C5H8O3S/c6-9(7,8)5-1-4(2-5)3-5/h4H,1-3H2,(H,6,7,8). The van der Waals surface area contributed by atoms with Gasteiger partial charge in [-0.25, -0.2) is 0 Å². The van der Waals surface area contributed by atoms with Crippen molar-refractivity contribution in [3.8, 4) is 0 Å². The predicted octanol–water partition coefficient (Wildman–Crippen LogP) is 0.427. The fourth-order valence-electron chi connectivity index (χ4n) is 1.71. The Hall–Kier alpha value is -0.0900. The van der Waals surface area contributed by atoms with Crippen LogP contribution in [0.1, 0.15) is 19.3 Å². The molecule has 0 saturated heterocycles. The van der Waals surface area contributed by atoms with Gasteiger partial charge in [-0.2, -0.15) is 8.42 Å². The van der Waals surface area contributed by atoms with E-state index in [9.17, 15) is 8.42 Å². The lowest BCUT2D eigenvalue weighted by atomic mass is 9.55. The Morgan fingerprint density at radius 3 is 1.78 bits per heavy atom. The lowest BCUT2D eigenvalue weighted by Gasteiger charge is -2.58. The van der Waals surface area contributed by atoms with Crippen LogP contribution in [0.4, 0.5) is 0 Å². The zero-order valence-corrected chi connectivity index (χ0v) is 5.69. The van der Waals surface area contributed by atoms with Crippen LogP contribution in [0.25, 0.3) is 0 Å². The molecule has 0 spiro atoms. The molecular formula is C5H8O3S. The van der Waals surface area contributed by atoms with Gasteiger partial charge < -0.3 is 0 Å². The van der Waals surface area contributed by atoms with Crippen molar-refractivity contribution in [1.82, 2.24) is 0 Å². The Labute approximate surface area is 53.8 Å². The maximum absolute atomic E-state index is 10.5. The van der Waals surface area contributed by atoms with E-state index in [1.807, 2.05) is 0 Å². The van der Waals surface area contributed by atoms with Crippen molar-refractivity contribution in [3.05, 3.63) is 0 Å². The van der Waals surface area contributed by atoms with E-state index in [0.717, 1.165) is 0 Å². The maximum atomic E-state index is 10.5. The molecule has 3 aliphatic carbocycles. The van der Waals surface area contributed by atoms with Crippen molar-refractivity contribution >= 4 is 10.1 Å². The molecule has 0 aromatic carbocycles. The summed E-state index contributed by atoms with van der Waals surface area (Å²) in [4.78, 5) is 0. The van der Waals surface area contributed by atoms with Gasteiger partial charge in [-0.1, -0.05) is 0 Å². The highest BCUT2D eigenvalue weighted by Crippen LogP contribution is 2.61. The molecule has 3 saturated carbocycles. The molecule has 52 valence electrons. The number of hydrogen-bond donors (Lipinski definition) is 1. The van der Waals surface area contributed by atoms with E-state index in [1.54, 1.807) is 0 Å². The minimum absolute atomic E-state index is 0.604. The zero-order chi connectivity index (χ0) is 6.70. The van der Waals surface area contributed by atoms with E-state index in [-0.39, 0.29) is 0 Å². The van der Waals surface area contributed by atoms with Crippen LogP contribution in [0.2, 0.25) is 0 Å². The van der Waals surface area contributed by atoms with E-state index in [4.69, 9.17) is 4.55 Å². The highest BCUT2D eigenvalue weighted by molar-refractivity contribution is 7.87. The first-order valence-electron chi connectivity index (χ1n) is 3.01. The molecule has 3 rings (SSSR count). The second-order valence-electron chi connectivity index (χ2n) is 3.14. The van der Waals surface area contributed by atoms with Crippen molar-refractivity contribution in [3.63, 3.8) is 0 Å². The highest BCUT2D eigenvalue weighted by atomic mass is 32.2. The normalized spacial score (nSPS) is 47.4. The van der Waals surface area contributed by atoms with Crippen LogP contribution in [0.3, 0.4) is 0 Å². The van der Waals surface area contributed by atoms with Gasteiger partial charge in [0, 0.05) is 0 Å². The minimum Gasteiger partial charge on any atom is -0.285 e. The lowest BCUT2D eigenvalue weighted by Crippen LogP contribution is -2.62. The Morgan fingerprint density at radius 2 is 1.78 bits per heavy atom. The fourth-order valence-corrected chi connectivity index (χ4v) is 3.05. The third-order valence-corrected chi connectivity index (χ3v) is 4.12.